The van der Waals surface area contributed by atoms with Crippen molar-refractivity contribution in [3.8, 4) is 12.1 Å². The number of aliphatic hydroxyl groups is 3. The number of nitriles is 1. The smallest absolute Gasteiger partial charge is 0.324 e. The molecular weight excluding hydrogens is 663 g/mol. The number of aromatic nitrogens is 2. The molecule has 3 aliphatic heterocycles. The number of fused-ring (bicyclic) bond motifs is 2. The number of thioether (sulfide) groups is 1. The first-order valence-electron chi connectivity index (χ1n) is 16.0. The first-order valence-corrected chi connectivity index (χ1v) is 18.6. The van der Waals surface area contributed by atoms with Crippen LogP contribution >= 0.6 is 24.4 Å². The maximum absolute atomic E-state index is 12.2. The summed E-state index contributed by atoms with van der Waals surface area (Å²) in [6, 6.07) is 16.7. The standard InChI is InChI=1S/C25H27N5O5.C5H11N.C2H3N.C2H6S.CH4S/c1-35-25-26-19-15-30(20-8-4-6-16-5-2-3-7-17(16)20)10-9-18(19)22(27-25)28-11-13-29(14-12-28)23(32)21(31)24(33)34;1-6-4-2-3-5-6;1-2-3;1-3-2;1-2/h2-8,31,33-34H,9-15H2,1H3;2-5H2,1H3;1H3;1-2H3;2H,1H3. The number of aliphatic hydroxyl groups excluding tert-OH is 2. The molecule has 0 spiro atoms. The number of hydrogen-bond acceptors (Lipinski definition) is 13. The molecule has 1 aromatic heterocycles. The van der Waals surface area contributed by atoms with Gasteiger partial charge in [-0.15, -0.1) is 0 Å². The van der Waals surface area contributed by atoms with Crippen LogP contribution in [0.1, 0.15) is 31.0 Å². The molecule has 0 radical (unpaired) electrons. The van der Waals surface area contributed by atoms with Crippen molar-refractivity contribution < 1.29 is 24.9 Å². The Hall–Kier alpha value is -4.06. The van der Waals surface area contributed by atoms with Gasteiger partial charge in [-0.2, -0.15) is 39.6 Å². The normalized spacial score (nSPS) is 14.9. The molecule has 0 saturated carbocycles. The maximum Gasteiger partial charge on any atom is 0.324 e. The van der Waals surface area contributed by atoms with E-state index in [-0.39, 0.29) is 0 Å². The number of nitrogens with zero attached hydrogens (tertiary/aromatic N) is 7. The van der Waals surface area contributed by atoms with Gasteiger partial charge in [-0.05, 0) is 69.6 Å². The molecule has 2 aromatic carbocycles. The fourth-order valence-electron chi connectivity index (χ4n) is 5.67. The molecule has 0 atom stereocenters. The zero-order valence-corrected chi connectivity index (χ0v) is 31.2. The summed E-state index contributed by atoms with van der Waals surface area (Å²) in [5.41, 5.74) is 3.15. The van der Waals surface area contributed by atoms with E-state index in [1.54, 1.807) is 31.2 Å². The fourth-order valence-corrected chi connectivity index (χ4v) is 5.67. The van der Waals surface area contributed by atoms with E-state index in [2.05, 4.69) is 80.7 Å². The average molecular weight is 714 g/mol. The van der Waals surface area contributed by atoms with Gasteiger partial charge in [0.1, 0.15) is 5.82 Å². The van der Waals surface area contributed by atoms with E-state index < -0.39 is 17.6 Å². The summed E-state index contributed by atoms with van der Waals surface area (Å²) in [7, 11) is 3.72. The van der Waals surface area contributed by atoms with Crippen molar-refractivity contribution in [1.29, 1.82) is 5.26 Å². The van der Waals surface area contributed by atoms with Gasteiger partial charge in [0.25, 0.3) is 11.7 Å². The van der Waals surface area contributed by atoms with Gasteiger partial charge < -0.3 is 39.7 Å². The van der Waals surface area contributed by atoms with E-state index in [0.29, 0.717) is 38.7 Å². The Morgan fingerprint density at radius 3 is 2.06 bits per heavy atom. The quantitative estimate of drug-likeness (QED) is 0.155. The Morgan fingerprint density at radius 2 is 1.51 bits per heavy atom. The van der Waals surface area contributed by atoms with Gasteiger partial charge in [-0.3, -0.25) is 4.79 Å². The van der Waals surface area contributed by atoms with Gasteiger partial charge in [-0.1, -0.05) is 36.4 Å². The number of rotatable bonds is 4. The number of thiol groups is 1. The third kappa shape index (κ3) is 11.8. The minimum absolute atomic E-state index is 0.294. The Morgan fingerprint density at radius 1 is 0.918 bits per heavy atom. The second kappa shape index (κ2) is 21.8. The first-order chi connectivity index (χ1) is 23.7. The topological polar surface area (TPSA) is 150 Å². The molecule has 268 valence electrons. The lowest BCUT2D eigenvalue weighted by Crippen LogP contribution is -2.50. The van der Waals surface area contributed by atoms with Crippen LogP contribution in [0.5, 0.6) is 6.01 Å². The van der Waals surface area contributed by atoms with Crippen molar-refractivity contribution in [3.05, 3.63) is 65.4 Å². The number of likely N-dealkylation sites (tertiary alicyclic amines) is 1. The van der Waals surface area contributed by atoms with E-state index in [1.807, 2.05) is 18.6 Å². The first kappa shape index (κ1) is 41.1. The number of amides is 1. The molecular formula is C35H51N7O5S2. The van der Waals surface area contributed by atoms with Gasteiger partial charge in [0.15, 0.2) is 0 Å². The molecule has 0 unspecified atom stereocenters. The van der Waals surface area contributed by atoms with Crippen LogP contribution in [-0.4, -0.2) is 120 Å². The summed E-state index contributed by atoms with van der Waals surface area (Å²) in [5.74, 6) is -2.44. The zero-order valence-electron chi connectivity index (χ0n) is 29.5. The van der Waals surface area contributed by atoms with E-state index >= 15 is 0 Å². The monoisotopic (exact) mass is 713 g/mol. The van der Waals surface area contributed by atoms with Crippen LogP contribution in [0.25, 0.3) is 10.8 Å². The van der Waals surface area contributed by atoms with Crippen LogP contribution in [0.2, 0.25) is 0 Å². The molecule has 2 saturated heterocycles. The van der Waals surface area contributed by atoms with Gasteiger partial charge in [0.05, 0.1) is 25.4 Å². The lowest BCUT2D eigenvalue weighted by molar-refractivity contribution is -0.131. The highest BCUT2D eigenvalue weighted by Gasteiger charge is 2.30. The molecule has 49 heavy (non-hydrogen) atoms. The summed E-state index contributed by atoms with van der Waals surface area (Å²) < 4.78 is 5.41. The summed E-state index contributed by atoms with van der Waals surface area (Å²) in [6.45, 7) is 7.08. The lowest BCUT2D eigenvalue weighted by atomic mass is 10.0. The number of piperazine rings is 1. The van der Waals surface area contributed by atoms with Crippen molar-refractivity contribution in [2.45, 2.75) is 32.7 Å². The Kier molecular flexibility index (Phi) is 18.3. The maximum atomic E-state index is 12.2. The molecule has 3 aliphatic rings. The zero-order chi connectivity index (χ0) is 36.3. The van der Waals surface area contributed by atoms with Crippen LogP contribution in [0.4, 0.5) is 11.5 Å². The largest absolute Gasteiger partial charge is 0.498 e. The van der Waals surface area contributed by atoms with Crippen molar-refractivity contribution >= 4 is 52.6 Å². The van der Waals surface area contributed by atoms with Crippen LogP contribution in [0.15, 0.2) is 54.2 Å². The minimum Gasteiger partial charge on any atom is -0.498 e. The summed E-state index contributed by atoms with van der Waals surface area (Å²) in [5, 5.41) is 37.3. The summed E-state index contributed by atoms with van der Waals surface area (Å²) in [6.07, 6.45) is 9.37. The highest BCUT2D eigenvalue weighted by molar-refractivity contribution is 7.97. The number of ether oxygens (including phenoxy) is 1. The molecule has 6 rings (SSSR count). The van der Waals surface area contributed by atoms with Gasteiger partial charge in [0.2, 0.25) is 0 Å². The Bertz CT molecular complexity index is 1530. The molecule has 14 heteroatoms. The molecule has 0 bridgehead atoms. The van der Waals surface area contributed by atoms with Gasteiger partial charge in [-0.25, -0.2) is 0 Å². The minimum atomic E-state index is -1.37. The number of hydrogen-bond donors (Lipinski definition) is 4. The van der Waals surface area contributed by atoms with E-state index in [0.717, 1.165) is 30.0 Å². The van der Waals surface area contributed by atoms with E-state index in [4.69, 9.17) is 20.2 Å². The molecule has 12 nitrogen and oxygen atoms in total. The van der Waals surface area contributed by atoms with E-state index in [1.165, 1.54) is 54.2 Å². The average Bonchev–Trinajstić information content (AvgIpc) is 3.62. The molecule has 2 fully saturated rings. The second-order valence-electron chi connectivity index (χ2n) is 11.2. The molecule has 0 aliphatic carbocycles. The van der Waals surface area contributed by atoms with Crippen LogP contribution < -0.4 is 14.5 Å². The van der Waals surface area contributed by atoms with E-state index in [9.17, 15) is 9.90 Å². The van der Waals surface area contributed by atoms with Crippen LogP contribution in [-0.2, 0) is 17.8 Å². The number of methoxy groups -OCH3 is 1. The van der Waals surface area contributed by atoms with Gasteiger partial charge >= 0.3 is 12.0 Å². The summed E-state index contributed by atoms with van der Waals surface area (Å²) >= 11 is 5.28. The predicted molar refractivity (Wildman–Crippen MR) is 203 cm³/mol. The van der Waals surface area contributed by atoms with Crippen LogP contribution in [0.3, 0.4) is 0 Å². The summed E-state index contributed by atoms with van der Waals surface area (Å²) in [4.78, 5) is 29.7. The second-order valence-corrected chi connectivity index (χ2v) is 12.0. The lowest BCUT2D eigenvalue weighted by Gasteiger charge is -2.38. The van der Waals surface area contributed by atoms with Crippen molar-refractivity contribution in [1.82, 2.24) is 19.8 Å². The fraction of sp³-hybridized carbons (Fsp3) is 0.486. The van der Waals surface area contributed by atoms with Crippen molar-refractivity contribution in [2.24, 2.45) is 0 Å². The number of carbonyl (C=O) groups is 1. The third-order valence-corrected chi connectivity index (χ3v) is 7.92. The van der Waals surface area contributed by atoms with Gasteiger partial charge in [0, 0.05) is 56.3 Å². The molecule has 1 amide bonds. The van der Waals surface area contributed by atoms with Crippen LogP contribution in [0, 0.1) is 11.3 Å². The number of benzene rings is 2. The highest BCUT2D eigenvalue weighted by Crippen LogP contribution is 2.34. The Balaban J connectivity index is 0.000000506. The Labute approximate surface area is 300 Å². The highest BCUT2D eigenvalue weighted by atomic mass is 32.2. The predicted octanol–water partition coefficient (Wildman–Crippen LogP) is 5.46. The number of carbonyl (C=O) groups excluding carboxylic acids is 1. The number of anilines is 2. The SMILES string of the molecule is CC#N.CN1CCCC1.COc1nc2c(c(N3CCN(C(=O)C(O)=C(O)O)CC3)n1)CCN(c1cccc3ccccc13)C2.CS.CSC. The molecule has 4 heterocycles. The van der Waals surface area contributed by atoms with Crippen molar-refractivity contribution in [3.63, 3.8) is 0 Å². The molecule has 3 N–H and O–H groups in total. The van der Waals surface area contributed by atoms with Crippen molar-refractivity contribution in [2.75, 3.05) is 88.5 Å². The molecule has 3 aromatic rings. The third-order valence-electron chi connectivity index (χ3n) is 7.92.